The lowest BCUT2D eigenvalue weighted by Gasteiger charge is -2.05. The summed E-state index contributed by atoms with van der Waals surface area (Å²) >= 11 is 0. The van der Waals surface area contributed by atoms with Crippen LogP contribution in [0.15, 0.2) is 30.6 Å². The third-order valence-electron chi connectivity index (χ3n) is 2.48. The van der Waals surface area contributed by atoms with Gasteiger partial charge < -0.3 is 5.73 Å². The maximum absolute atomic E-state index is 7.49. The standard InChI is InChI=1S/C10H8N8/c11-10(12)9-7(3-4-13-15-9)6-1-2-8-14-16-17-18(8)5-6/h1-5H,(H3,11,12). The van der Waals surface area contributed by atoms with E-state index in [0.717, 1.165) is 11.1 Å². The predicted molar refractivity (Wildman–Crippen MR) is 62.8 cm³/mol. The Hall–Kier alpha value is -2.90. The Bertz CT molecular complexity index is 731. The van der Waals surface area contributed by atoms with E-state index in [9.17, 15) is 0 Å². The van der Waals surface area contributed by atoms with E-state index in [1.807, 2.05) is 6.07 Å². The molecule has 88 valence electrons. The van der Waals surface area contributed by atoms with Gasteiger partial charge in [-0.2, -0.15) is 5.10 Å². The van der Waals surface area contributed by atoms with Gasteiger partial charge in [-0.05, 0) is 28.6 Å². The number of nitrogens with zero attached hydrogens (tertiary/aromatic N) is 6. The molecule has 3 rings (SSSR count). The lowest BCUT2D eigenvalue weighted by Crippen LogP contribution is -2.15. The molecule has 0 aliphatic carbocycles. The largest absolute Gasteiger partial charge is 0.382 e. The van der Waals surface area contributed by atoms with Gasteiger partial charge in [0, 0.05) is 17.3 Å². The van der Waals surface area contributed by atoms with Gasteiger partial charge in [-0.1, -0.05) is 0 Å². The number of rotatable bonds is 2. The number of nitrogen functional groups attached to an aromatic ring is 1. The van der Waals surface area contributed by atoms with Crippen LogP contribution in [0.3, 0.4) is 0 Å². The maximum atomic E-state index is 7.49. The molecular formula is C10H8N8. The molecule has 0 fully saturated rings. The molecule has 8 nitrogen and oxygen atoms in total. The van der Waals surface area contributed by atoms with Crippen LogP contribution in [0.5, 0.6) is 0 Å². The van der Waals surface area contributed by atoms with Gasteiger partial charge in [-0.15, -0.1) is 10.2 Å². The Morgan fingerprint density at radius 3 is 2.94 bits per heavy atom. The number of amidine groups is 1. The molecule has 3 aromatic rings. The second-order valence-electron chi connectivity index (χ2n) is 3.61. The van der Waals surface area contributed by atoms with Gasteiger partial charge in [-0.25, -0.2) is 4.52 Å². The number of nitrogens with two attached hydrogens (primary N) is 1. The zero-order valence-electron chi connectivity index (χ0n) is 9.15. The second-order valence-corrected chi connectivity index (χ2v) is 3.61. The fourth-order valence-corrected chi connectivity index (χ4v) is 1.66. The molecule has 0 aliphatic rings. The van der Waals surface area contributed by atoms with Crippen molar-refractivity contribution in [2.45, 2.75) is 0 Å². The molecule has 0 atom stereocenters. The highest BCUT2D eigenvalue weighted by atomic mass is 15.5. The number of tetrazole rings is 1. The summed E-state index contributed by atoms with van der Waals surface area (Å²) in [6, 6.07) is 5.37. The van der Waals surface area contributed by atoms with Crippen LogP contribution >= 0.6 is 0 Å². The van der Waals surface area contributed by atoms with E-state index in [0.29, 0.717) is 11.3 Å². The van der Waals surface area contributed by atoms with Crippen LogP contribution in [-0.2, 0) is 0 Å². The highest BCUT2D eigenvalue weighted by molar-refractivity contribution is 5.99. The molecule has 0 saturated carbocycles. The number of pyridine rings is 1. The average molecular weight is 240 g/mol. The Balaban J connectivity index is 2.22. The van der Waals surface area contributed by atoms with Crippen molar-refractivity contribution >= 4 is 11.5 Å². The van der Waals surface area contributed by atoms with E-state index in [-0.39, 0.29) is 5.84 Å². The van der Waals surface area contributed by atoms with Crippen LogP contribution in [0.2, 0.25) is 0 Å². The van der Waals surface area contributed by atoms with Crippen LogP contribution in [0.1, 0.15) is 5.69 Å². The van der Waals surface area contributed by atoms with Crippen LogP contribution in [0, 0.1) is 5.41 Å². The van der Waals surface area contributed by atoms with E-state index in [2.05, 4.69) is 25.7 Å². The zero-order valence-corrected chi connectivity index (χ0v) is 9.15. The molecule has 0 bridgehead atoms. The van der Waals surface area contributed by atoms with E-state index in [1.54, 1.807) is 29.0 Å². The molecule has 3 heterocycles. The van der Waals surface area contributed by atoms with E-state index < -0.39 is 0 Å². The third kappa shape index (κ3) is 1.56. The molecule has 0 saturated heterocycles. The summed E-state index contributed by atoms with van der Waals surface area (Å²) in [5.74, 6) is -0.130. The molecule has 0 unspecified atom stereocenters. The van der Waals surface area contributed by atoms with E-state index in [4.69, 9.17) is 11.1 Å². The molecule has 0 aliphatic heterocycles. The average Bonchev–Trinajstić information content (AvgIpc) is 2.85. The maximum Gasteiger partial charge on any atom is 0.179 e. The molecule has 3 N–H and O–H groups in total. The van der Waals surface area contributed by atoms with Gasteiger partial charge >= 0.3 is 0 Å². The second kappa shape index (κ2) is 3.84. The Morgan fingerprint density at radius 1 is 1.22 bits per heavy atom. The zero-order chi connectivity index (χ0) is 12.5. The minimum atomic E-state index is -0.130. The Morgan fingerprint density at radius 2 is 2.11 bits per heavy atom. The van der Waals surface area contributed by atoms with Gasteiger partial charge in [0.2, 0.25) is 0 Å². The van der Waals surface area contributed by atoms with E-state index >= 15 is 0 Å². The minimum absolute atomic E-state index is 0.130. The van der Waals surface area contributed by atoms with Gasteiger partial charge in [0.15, 0.2) is 5.65 Å². The number of hydrogen-bond donors (Lipinski definition) is 2. The normalized spacial score (nSPS) is 10.7. The Kier molecular flexibility index (Phi) is 2.19. The summed E-state index contributed by atoms with van der Waals surface area (Å²) in [5.41, 5.74) is 7.99. The van der Waals surface area contributed by atoms with Crippen molar-refractivity contribution in [1.82, 2.24) is 30.2 Å². The van der Waals surface area contributed by atoms with Crippen molar-refractivity contribution in [2.24, 2.45) is 5.73 Å². The predicted octanol–water partition coefficient (Wildman–Crippen LogP) is -0.135. The van der Waals surface area contributed by atoms with Gasteiger partial charge in [-0.3, -0.25) is 5.41 Å². The van der Waals surface area contributed by atoms with Crippen molar-refractivity contribution in [1.29, 1.82) is 5.41 Å². The summed E-state index contributed by atoms with van der Waals surface area (Å²) in [4.78, 5) is 0. The summed E-state index contributed by atoms with van der Waals surface area (Å²) < 4.78 is 1.54. The monoisotopic (exact) mass is 240 g/mol. The highest BCUT2D eigenvalue weighted by Gasteiger charge is 2.10. The van der Waals surface area contributed by atoms with E-state index in [1.165, 1.54) is 0 Å². The first-order valence-corrected chi connectivity index (χ1v) is 5.10. The molecular weight excluding hydrogens is 232 g/mol. The van der Waals surface area contributed by atoms with Crippen LogP contribution in [-0.4, -0.2) is 36.1 Å². The SMILES string of the molecule is N=C(N)c1nnccc1-c1ccc2nnnn2c1. The third-order valence-corrected chi connectivity index (χ3v) is 2.48. The van der Waals surface area contributed by atoms with Gasteiger partial charge in [0.1, 0.15) is 11.5 Å². The van der Waals surface area contributed by atoms with Crippen molar-refractivity contribution in [2.75, 3.05) is 0 Å². The molecule has 18 heavy (non-hydrogen) atoms. The molecule has 0 aromatic carbocycles. The number of nitrogens with one attached hydrogen (secondary N) is 1. The molecule has 0 spiro atoms. The fourth-order valence-electron chi connectivity index (χ4n) is 1.66. The molecule has 0 amide bonds. The smallest absolute Gasteiger partial charge is 0.179 e. The first kappa shape index (κ1) is 10.3. The summed E-state index contributed by atoms with van der Waals surface area (Å²) in [6.45, 7) is 0. The topological polar surface area (TPSA) is 119 Å². The van der Waals surface area contributed by atoms with Crippen LogP contribution < -0.4 is 5.73 Å². The fraction of sp³-hybridized carbons (Fsp3) is 0. The summed E-state index contributed by atoms with van der Waals surface area (Å²) in [5, 5.41) is 26.3. The first-order valence-electron chi connectivity index (χ1n) is 5.10. The van der Waals surface area contributed by atoms with Crippen LogP contribution in [0.4, 0.5) is 0 Å². The lowest BCUT2D eigenvalue weighted by atomic mass is 10.1. The van der Waals surface area contributed by atoms with Crippen molar-refractivity contribution in [3.8, 4) is 11.1 Å². The molecule has 0 radical (unpaired) electrons. The van der Waals surface area contributed by atoms with Gasteiger partial charge in [0.25, 0.3) is 0 Å². The molecule has 3 aromatic heterocycles. The summed E-state index contributed by atoms with van der Waals surface area (Å²) in [6.07, 6.45) is 3.30. The number of fused-ring (bicyclic) bond motifs is 1. The number of aromatic nitrogens is 6. The van der Waals surface area contributed by atoms with Gasteiger partial charge in [0.05, 0.1) is 6.20 Å². The summed E-state index contributed by atoms with van der Waals surface area (Å²) in [7, 11) is 0. The molecule has 8 heteroatoms. The number of hydrogen-bond acceptors (Lipinski definition) is 6. The van der Waals surface area contributed by atoms with Crippen molar-refractivity contribution in [3.05, 3.63) is 36.3 Å². The highest BCUT2D eigenvalue weighted by Crippen LogP contribution is 2.21. The lowest BCUT2D eigenvalue weighted by molar-refractivity contribution is 0.824. The first-order chi connectivity index (χ1) is 8.75. The van der Waals surface area contributed by atoms with Crippen molar-refractivity contribution in [3.63, 3.8) is 0 Å². The minimum Gasteiger partial charge on any atom is -0.382 e. The van der Waals surface area contributed by atoms with Crippen LogP contribution in [0.25, 0.3) is 16.8 Å². The van der Waals surface area contributed by atoms with Crippen molar-refractivity contribution < 1.29 is 0 Å². The quantitative estimate of drug-likeness (QED) is 0.475. The Labute approximate surface area is 101 Å².